The van der Waals surface area contributed by atoms with E-state index in [-0.39, 0.29) is 16.7 Å². The highest BCUT2D eigenvalue weighted by Crippen LogP contribution is 2.52. The van der Waals surface area contributed by atoms with Gasteiger partial charge >= 0.3 is 0 Å². The predicted molar refractivity (Wildman–Crippen MR) is 116 cm³/mol. The molecule has 0 aliphatic heterocycles. The molecule has 150 valence electrons. The summed E-state index contributed by atoms with van der Waals surface area (Å²) in [6.45, 7) is 22.0. The summed E-state index contributed by atoms with van der Waals surface area (Å²) in [6, 6.07) is 0. The molecule has 0 amide bonds. The van der Waals surface area contributed by atoms with Gasteiger partial charge in [0.05, 0.1) is 12.4 Å². The topological polar surface area (TPSA) is 35.5 Å². The van der Waals surface area contributed by atoms with Gasteiger partial charge in [0.25, 0.3) is 0 Å². The molecule has 0 N–H and O–H groups in total. The minimum absolute atomic E-state index is 0.0984. The number of hydrogen-bond donors (Lipinski definition) is 0. The van der Waals surface area contributed by atoms with Crippen molar-refractivity contribution < 1.29 is 14.0 Å². The monoisotopic (exact) mass is 444 g/mol. The van der Waals surface area contributed by atoms with Gasteiger partial charge < -0.3 is 9.16 Å². The summed E-state index contributed by atoms with van der Waals surface area (Å²) < 4.78 is 13.0. The van der Waals surface area contributed by atoms with Gasteiger partial charge in [-0.3, -0.25) is 4.79 Å². The lowest BCUT2D eigenvalue weighted by molar-refractivity contribution is -0.128. The van der Waals surface area contributed by atoms with Gasteiger partial charge in [0.1, 0.15) is 0 Å². The van der Waals surface area contributed by atoms with E-state index < -0.39 is 13.7 Å². The van der Waals surface area contributed by atoms with Gasteiger partial charge in [-0.15, -0.1) is 0 Å². The fourth-order valence-corrected chi connectivity index (χ4v) is 5.93. The number of Topliss-reactive ketones (excluding diaryl/α,β-unsaturated/α-hetero) is 1. The number of hydrogen-bond acceptors (Lipinski definition) is 3. The second kappa shape index (κ2) is 8.22. The number of carbonyl (C=O) groups excluding carboxylic acids is 1. The van der Waals surface area contributed by atoms with Crippen LogP contribution in [0.2, 0.25) is 18.1 Å². The zero-order valence-electron chi connectivity index (χ0n) is 18.2. The molecule has 5 heteroatoms. The highest BCUT2D eigenvalue weighted by atomic mass is 79.9. The van der Waals surface area contributed by atoms with Crippen molar-refractivity contribution >= 4 is 30.0 Å². The summed E-state index contributed by atoms with van der Waals surface area (Å²) in [6.07, 6.45) is 2.75. The molecule has 1 rings (SSSR count). The van der Waals surface area contributed by atoms with Gasteiger partial charge in [-0.2, -0.15) is 0 Å². The average Bonchev–Trinajstić information content (AvgIpc) is 2.65. The Kier molecular flexibility index (Phi) is 7.42. The first-order valence-electron chi connectivity index (χ1n) is 9.62. The zero-order chi connectivity index (χ0) is 20.5. The second-order valence-electron chi connectivity index (χ2n) is 9.46. The molecule has 0 fully saturated rings. The molecule has 0 saturated heterocycles. The lowest BCUT2D eigenvalue weighted by Gasteiger charge is -2.37. The van der Waals surface area contributed by atoms with Crippen molar-refractivity contribution in [2.75, 3.05) is 6.61 Å². The summed E-state index contributed by atoms with van der Waals surface area (Å²) in [5.41, 5.74) is -0.504. The molecule has 0 aromatic heterocycles. The van der Waals surface area contributed by atoms with Gasteiger partial charge in [0.2, 0.25) is 14.1 Å². The zero-order valence-corrected chi connectivity index (χ0v) is 20.8. The van der Waals surface area contributed by atoms with Crippen LogP contribution in [0.1, 0.15) is 61.8 Å². The Labute approximate surface area is 169 Å². The first kappa shape index (κ1) is 23.5. The van der Waals surface area contributed by atoms with Crippen LogP contribution in [0.25, 0.3) is 0 Å². The molecule has 0 aromatic rings. The van der Waals surface area contributed by atoms with Crippen molar-refractivity contribution in [2.24, 2.45) is 17.3 Å². The standard InChI is InChI=1S/C21H37BrO3Si/c1-11-24-18-17(22)16(14(2)3)21(8,19(18)23)13-12-15(4)25-26(9,10)20(5,6)7/h12,14,16H,11,13H2,1-10H3/t16-,21+/m0/s1. The normalized spacial score (nSPS) is 25.3. The van der Waals surface area contributed by atoms with Gasteiger partial charge in [0, 0.05) is 15.8 Å². The van der Waals surface area contributed by atoms with Crippen LogP contribution in [-0.4, -0.2) is 20.7 Å². The maximum Gasteiger partial charge on any atom is 0.250 e. The van der Waals surface area contributed by atoms with Crippen LogP contribution in [0, 0.1) is 17.3 Å². The second-order valence-corrected chi connectivity index (χ2v) is 15.0. The van der Waals surface area contributed by atoms with Crippen LogP contribution >= 0.6 is 15.9 Å². The lowest BCUT2D eigenvalue weighted by atomic mass is 9.70. The molecule has 2 atom stereocenters. The minimum atomic E-state index is -1.86. The number of ether oxygens (including phenoxy) is 1. The molecule has 0 bridgehead atoms. The van der Waals surface area contributed by atoms with E-state index in [9.17, 15) is 4.79 Å². The molecular weight excluding hydrogens is 408 g/mol. The third-order valence-corrected chi connectivity index (χ3v) is 11.2. The number of carbonyl (C=O) groups is 1. The Morgan fingerprint density at radius 2 is 1.88 bits per heavy atom. The maximum atomic E-state index is 13.1. The highest BCUT2D eigenvalue weighted by molar-refractivity contribution is 9.11. The van der Waals surface area contributed by atoms with E-state index >= 15 is 0 Å². The van der Waals surface area contributed by atoms with Crippen molar-refractivity contribution in [3.63, 3.8) is 0 Å². The quantitative estimate of drug-likeness (QED) is 0.319. The van der Waals surface area contributed by atoms with Gasteiger partial charge in [-0.25, -0.2) is 0 Å². The van der Waals surface area contributed by atoms with Crippen molar-refractivity contribution in [3.8, 4) is 0 Å². The maximum absolute atomic E-state index is 13.1. The molecule has 3 nitrogen and oxygen atoms in total. The van der Waals surface area contributed by atoms with Crippen molar-refractivity contribution in [1.82, 2.24) is 0 Å². The Bertz CT molecular complexity index is 599. The largest absolute Gasteiger partial charge is 0.547 e. The number of halogens is 1. The molecule has 1 aliphatic carbocycles. The summed E-state index contributed by atoms with van der Waals surface area (Å²) in [5.74, 6) is 1.99. The number of allylic oxidation sites excluding steroid dienone is 4. The summed E-state index contributed by atoms with van der Waals surface area (Å²) in [4.78, 5) is 13.1. The lowest BCUT2D eigenvalue weighted by Crippen LogP contribution is -2.40. The molecule has 0 heterocycles. The molecule has 1 aliphatic rings. The fourth-order valence-electron chi connectivity index (χ4n) is 3.41. The van der Waals surface area contributed by atoms with Crippen LogP contribution in [-0.2, 0) is 14.0 Å². The third kappa shape index (κ3) is 4.64. The molecular formula is C21H37BrO3Si. The van der Waals surface area contributed by atoms with Crippen molar-refractivity contribution in [3.05, 3.63) is 22.1 Å². The van der Waals surface area contributed by atoms with Crippen LogP contribution in [0.3, 0.4) is 0 Å². The summed E-state index contributed by atoms with van der Waals surface area (Å²) in [7, 11) is -1.86. The van der Waals surface area contributed by atoms with Crippen LogP contribution in [0.15, 0.2) is 22.1 Å². The number of rotatable bonds is 7. The molecule has 0 radical (unpaired) electrons. The van der Waals surface area contributed by atoms with E-state index in [1.807, 2.05) is 13.8 Å². The van der Waals surface area contributed by atoms with Crippen LogP contribution < -0.4 is 0 Å². The first-order chi connectivity index (χ1) is 11.7. The smallest absolute Gasteiger partial charge is 0.250 e. The molecule has 0 aromatic carbocycles. The fraction of sp³-hybridized carbons (Fsp3) is 0.762. The van der Waals surface area contributed by atoms with E-state index in [4.69, 9.17) is 9.16 Å². The molecule has 0 saturated carbocycles. The van der Waals surface area contributed by atoms with E-state index in [0.29, 0.717) is 24.7 Å². The van der Waals surface area contributed by atoms with Crippen molar-refractivity contribution in [2.45, 2.75) is 79.9 Å². The Morgan fingerprint density at radius 1 is 1.35 bits per heavy atom. The Hall–Kier alpha value is -0.553. The van der Waals surface area contributed by atoms with E-state index in [2.05, 4.69) is 76.6 Å². The van der Waals surface area contributed by atoms with Crippen LogP contribution in [0.5, 0.6) is 0 Å². The number of ketones is 1. The summed E-state index contributed by atoms with van der Waals surface area (Å²) >= 11 is 3.66. The third-order valence-electron chi connectivity index (χ3n) is 5.89. The first-order valence-corrected chi connectivity index (χ1v) is 13.3. The SMILES string of the molecule is CCOC1=C(Br)[C@H](C(C)C)[C@@](C)(CC=C(C)O[Si](C)(C)C(C)(C)C)C1=O. The van der Waals surface area contributed by atoms with E-state index in [1.165, 1.54) is 0 Å². The van der Waals surface area contributed by atoms with Gasteiger partial charge in [0.15, 0.2) is 5.76 Å². The highest BCUT2D eigenvalue weighted by Gasteiger charge is 2.52. The Morgan fingerprint density at radius 3 is 2.31 bits per heavy atom. The van der Waals surface area contributed by atoms with Gasteiger partial charge in [-0.05, 0) is 50.4 Å². The molecule has 0 unspecified atom stereocenters. The molecule has 0 spiro atoms. The van der Waals surface area contributed by atoms with Crippen molar-refractivity contribution in [1.29, 1.82) is 0 Å². The van der Waals surface area contributed by atoms with Gasteiger partial charge in [-0.1, -0.05) is 57.5 Å². The predicted octanol–water partition coefficient (Wildman–Crippen LogP) is 6.81. The minimum Gasteiger partial charge on any atom is -0.547 e. The van der Waals surface area contributed by atoms with E-state index in [0.717, 1.165) is 10.2 Å². The Balaban J connectivity index is 3.08. The molecule has 26 heavy (non-hydrogen) atoms. The summed E-state index contributed by atoms with van der Waals surface area (Å²) in [5, 5.41) is 0.155. The van der Waals surface area contributed by atoms with E-state index in [1.54, 1.807) is 0 Å². The average molecular weight is 446 g/mol. The van der Waals surface area contributed by atoms with Crippen LogP contribution in [0.4, 0.5) is 0 Å².